The summed E-state index contributed by atoms with van der Waals surface area (Å²) in [6.07, 6.45) is 2.80. The van der Waals surface area contributed by atoms with Crippen molar-refractivity contribution in [3.05, 3.63) is 0 Å². The Bertz CT molecular complexity index is 134. The maximum atomic E-state index is 9.30. The molecule has 3 heteroatoms. The summed E-state index contributed by atoms with van der Waals surface area (Å²) in [4.78, 5) is 0. The third-order valence-electron chi connectivity index (χ3n) is 2.94. The minimum absolute atomic E-state index is 0.117. The molecule has 1 rings (SSSR count). The van der Waals surface area contributed by atoms with Crippen LogP contribution in [0.1, 0.15) is 32.6 Å². The van der Waals surface area contributed by atoms with E-state index in [0.717, 1.165) is 19.3 Å². The van der Waals surface area contributed by atoms with E-state index in [2.05, 4.69) is 6.92 Å². The highest BCUT2D eigenvalue weighted by Gasteiger charge is 2.34. The van der Waals surface area contributed by atoms with Crippen LogP contribution >= 0.6 is 0 Å². The van der Waals surface area contributed by atoms with Gasteiger partial charge in [-0.15, -0.1) is 0 Å². The molecule has 1 aliphatic rings. The first kappa shape index (κ1) is 9.96. The predicted molar refractivity (Wildman–Crippen MR) is 45.6 cm³/mol. The molecule has 0 aliphatic carbocycles. The number of rotatable bonds is 3. The summed E-state index contributed by atoms with van der Waals surface area (Å²) in [7, 11) is 0. The van der Waals surface area contributed by atoms with Crippen LogP contribution in [0.2, 0.25) is 0 Å². The highest BCUT2D eigenvalue weighted by molar-refractivity contribution is 4.81. The zero-order valence-corrected chi connectivity index (χ0v) is 7.62. The van der Waals surface area contributed by atoms with Gasteiger partial charge in [0.05, 0.1) is 6.61 Å². The molecule has 12 heavy (non-hydrogen) atoms. The third kappa shape index (κ3) is 2.19. The molecule has 0 bridgehead atoms. The number of ether oxygens (including phenoxy) is 1. The number of hydrogen-bond donors (Lipinski definition) is 2. The molecule has 0 aromatic heterocycles. The van der Waals surface area contributed by atoms with E-state index in [1.54, 1.807) is 0 Å². The highest BCUT2D eigenvalue weighted by Crippen LogP contribution is 2.38. The van der Waals surface area contributed by atoms with Gasteiger partial charge in [0, 0.05) is 13.0 Å². The summed E-state index contributed by atoms with van der Waals surface area (Å²) in [5.41, 5.74) is 0.117. The molecule has 0 amide bonds. The van der Waals surface area contributed by atoms with Crippen molar-refractivity contribution >= 4 is 0 Å². The van der Waals surface area contributed by atoms with E-state index in [1.807, 2.05) is 0 Å². The van der Waals surface area contributed by atoms with Gasteiger partial charge in [0.15, 0.2) is 6.29 Å². The van der Waals surface area contributed by atoms with E-state index in [4.69, 9.17) is 9.84 Å². The van der Waals surface area contributed by atoms with Gasteiger partial charge in [-0.2, -0.15) is 0 Å². The van der Waals surface area contributed by atoms with Crippen molar-refractivity contribution in [2.45, 2.75) is 38.9 Å². The fraction of sp³-hybridized carbons (Fsp3) is 1.00. The van der Waals surface area contributed by atoms with E-state index in [0.29, 0.717) is 13.0 Å². The molecule has 1 saturated heterocycles. The lowest BCUT2D eigenvalue weighted by atomic mass is 9.75. The van der Waals surface area contributed by atoms with Crippen molar-refractivity contribution in [2.75, 3.05) is 13.2 Å². The largest absolute Gasteiger partial charge is 0.396 e. The van der Waals surface area contributed by atoms with E-state index in [1.165, 1.54) is 0 Å². The monoisotopic (exact) mass is 174 g/mol. The number of aliphatic hydroxyl groups is 2. The van der Waals surface area contributed by atoms with Crippen molar-refractivity contribution in [3.8, 4) is 0 Å². The second-order valence-electron chi connectivity index (χ2n) is 3.61. The molecule has 3 nitrogen and oxygen atoms in total. The molecule has 1 aliphatic heterocycles. The van der Waals surface area contributed by atoms with Crippen molar-refractivity contribution in [3.63, 3.8) is 0 Å². The molecular formula is C9H18O3. The standard InChI is InChI=1S/C9H18O3/c1-2-9(3-5-10)4-6-12-8(11)7-9/h8,10-11H,2-7H2,1H3. The first-order chi connectivity index (χ1) is 5.72. The minimum Gasteiger partial charge on any atom is -0.396 e. The van der Waals surface area contributed by atoms with Gasteiger partial charge in [-0.1, -0.05) is 13.3 Å². The van der Waals surface area contributed by atoms with E-state index in [-0.39, 0.29) is 12.0 Å². The lowest BCUT2D eigenvalue weighted by Gasteiger charge is -2.38. The van der Waals surface area contributed by atoms with Crippen LogP contribution in [0.25, 0.3) is 0 Å². The van der Waals surface area contributed by atoms with Gasteiger partial charge in [-0.3, -0.25) is 0 Å². The summed E-state index contributed by atoms with van der Waals surface area (Å²) in [5.74, 6) is 0. The third-order valence-corrected chi connectivity index (χ3v) is 2.94. The Kier molecular flexibility index (Phi) is 3.50. The van der Waals surface area contributed by atoms with Crippen molar-refractivity contribution < 1.29 is 14.9 Å². The molecule has 0 aromatic carbocycles. The SMILES string of the molecule is CCC1(CCO)CCOC(O)C1. The number of hydrogen-bond acceptors (Lipinski definition) is 3. The number of aliphatic hydroxyl groups excluding tert-OH is 2. The van der Waals surface area contributed by atoms with Crippen LogP contribution in [0.15, 0.2) is 0 Å². The molecule has 2 atom stereocenters. The molecule has 1 fully saturated rings. The fourth-order valence-electron chi connectivity index (χ4n) is 1.91. The van der Waals surface area contributed by atoms with E-state index in [9.17, 15) is 5.11 Å². The Balaban J connectivity index is 2.51. The molecule has 72 valence electrons. The Morgan fingerprint density at radius 3 is 2.83 bits per heavy atom. The predicted octanol–water partition coefficient (Wildman–Crippen LogP) is 0.894. The summed E-state index contributed by atoms with van der Waals surface area (Å²) >= 11 is 0. The molecule has 0 spiro atoms. The minimum atomic E-state index is -0.620. The Morgan fingerprint density at radius 1 is 1.58 bits per heavy atom. The molecule has 2 N–H and O–H groups in total. The Labute approximate surface area is 73.4 Å². The lowest BCUT2D eigenvalue weighted by Crippen LogP contribution is -2.35. The highest BCUT2D eigenvalue weighted by atomic mass is 16.6. The zero-order valence-electron chi connectivity index (χ0n) is 7.62. The first-order valence-corrected chi connectivity index (χ1v) is 4.63. The Hall–Kier alpha value is -0.120. The molecular weight excluding hydrogens is 156 g/mol. The quantitative estimate of drug-likeness (QED) is 0.668. The van der Waals surface area contributed by atoms with Gasteiger partial charge in [0.25, 0.3) is 0 Å². The average molecular weight is 174 g/mol. The zero-order chi connectivity index (χ0) is 9.03. The topological polar surface area (TPSA) is 49.7 Å². The van der Waals surface area contributed by atoms with Gasteiger partial charge in [0.1, 0.15) is 0 Å². The van der Waals surface area contributed by atoms with Gasteiger partial charge in [-0.05, 0) is 18.3 Å². The van der Waals surface area contributed by atoms with E-state index < -0.39 is 6.29 Å². The van der Waals surface area contributed by atoms with Crippen LogP contribution in [0.5, 0.6) is 0 Å². The molecule has 0 radical (unpaired) electrons. The van der Waals surface area contributed by atoms with Gasteiger partial charge >= 0.3 is 0 Å². The van der Waals surface area contributed by atoms with Gasteiger partial charge in [0.2, 0.25) is 0 Å². The van der Waals surface area contributed by atoms with Gasteiger partial charge < -0.3 is 14.9 Å². The second kappa shape index (κ2) is 4.21. The smallest absolute Gasteiger partial charge is 0.155 e. The van der Waals surface area contributed by atoms with Crippen molar-refractivity contribution in [1.29, 1.82) is 0 Å². The first-order valence-electron chi connectivity index (χ1n) is 4.63. The molecule has 2 unspecified atom stereocenters. The van der Waals surface area contributed by atoms with Crippen LogP contribution in [-0.4, -0.2) is 29.7 Å². The second-order valence-corrected chi connectivity index (χ2v) is 3.61. The van der Waals surface area contributed by atoms with Crippen molar-refractivity contribution in [2.24, 2.45) is 5.41 Å². The van der Waals surface area contributed by atoms with E-state index >= 15 is 0 Å². The van der Waals surface area contributed by atoms with Crippen LogP contribution in [0.4, 0.5) is 0 Å². The fourth-order valence-corrected chi connectivity index (χ4v) is 1.91. The average Bonchev–Trinajstić information content (AvgIpc) is 2.05. The molecule has 0 aromatic rings. The maximum absolute atomic E-state index is 9.30. The van der Waals surface area contributed by atoms with Crippen LogP contribution in [0.3, 0.4) is 0 Å². The summed E-state index contributed by atoms with van der Waals surface area (Å²) in [6, 6.07) is 0. The van der Waals surface area contributed by atoms with Gasteiger partial charge in [-0.25, -0.2) is 0 Å². The summed E-state index contributed by atoms with van der Waals surface area (Å²) in [5, 5.41) is 18.2. The van der Waals surface area contributed by atoms with Crippen LogP contribution in [-0.2, 0) is 4.74 Å². The van der Waals surface area contributed by atoms with Crippen LogP contribution < -0.4 is 0 Å². The van der Waals surface area contributed by atoms with Crippen molar-refractivity contribution in [1.82, 2.24) is 0 Å². The summed E-state index contributed by atoms with van der Waals surface area (Å²) < 4.78 is 5.06. The molecule has 1 heterocycles. The maximum Gasteiger partial charge on any atom is 0.155 e. The lowest BCUT2D eigenvalue weighted by molar-refractivity contribution is -0.164. The van der Waals surface area contributed by atoms with Crippen LogP contribution in [0, 0.1) is 5.41 Å². The molecule has 0 saturated carbocycles. The summed E-state index contributed by atoms with van der Waals surface area (Å²) in [6.45, 7) is 2.93. The normalized spacial score (nSPS) is 36.8. The Morgan fingerprint density at radius 2 is 2.33 bits per heavy atom.